The molecule has 0 radical (unpaired) electrons. The third kappa shape index (κ3) is 10.9. The maximum atomic E-state index is 15.1. The van der Waals surface area contributed by atoms with Crippen LogP contribution in [0.5, 0.6) is 11.5 Å². The van der Waals surface area contributed by atoms with Gasteiger partial charge in [0.05, 0.1) is 24.9 Å². The van der Waals surface area contributed by atoms with Crippen molar-refractivity contribution in [1.29, 1.82) is 0 Å². The molecular weight excluding hydrogens is 911 g/mol. The van der Waals surface area contributed by atoms with E-state index in [1.165, 1.54) is 24.8 Å². The molecule has 6 atom stereocenters. The maximum Gasteiger partial charge on any atom is 0.330 e. The summed E-state index contributed by atoms with van der Waals surface area (Å²) in [5.74, 6) is -1.55. The average Bonchev–Trinajstić information content (AvgIpc) is 3.55. The van der Waals surface area contributed by atoms with Gasteiger partial charge in [-0.25, -0.2) is 19.6 Å². The van der Waals surface area contributed by atoms with Gasteiger partial charge in [0.15, 0.2) is 5.13 Å². The van der Waals surface area contributed by atoms with E-state index < -0.39 is 69.7 Å². The first-order valence-corrected chi connectivity index (χ1v) is 26.6. The molecule has 0 spiro atoms. The van der Waals surface area contributed by atoms with Crippen molar-refractivity contribution >= 4 is 61.4 Å². The highest BCUT2D eigenvalue weighted by molar-refractivity contribution is 7.87. The normalized spacial score (nSPS) is 27.1. The van der Waals surface area contributed by atoms with Gasteiger partial charge >= 0.3 is 12.0 Å². The lowest BCUT2D eigenvalue weighted by Crippen LogP contribution is -2.58. The number of carbonyl (C=O) groups excluding carboxylic acids is 3. The number of aromatic nitrogens is 2. The van der Waals surface area contributed by atoms with Crippen LogP contribution >= 0.6 is 11.3 Å². The molecule has 18 nitrogen and oxygen atoms in total. The van der Waals surface area contributed by atoms with Crippen LogP contribution in [-0.2, 0) is 24.6 Å². The van der Waals surface area contributed by atoms with Gasteiger partial charge in [0.1, 0.15) is 40.9 Å². The number of ether oxygens (including phenoxy) is 2. The van der Waals surface area contributed by atoms with Crippen molar-refractivity contribution in [3.63, 3.8) is 0 Å². The number of aliphatic carboxylic acids is 1. The number of pyridine rings is 1. The fraction of sp³-hybridized carbons (Fsp3) is 0.625. The second-order valence-corrected chi connectivity index (χ2v) is 22.3. The second-order valence-electron chi connectivity index (χ2n) is 19.6. The third-order valence-corrected chi connectivity index (χ3v) is 17.0. The summed E-state index contributed by atoms with van der Waals surface area (Å²) in [6.07, 6.45) is 11.2. The highest BCUT2D eigenvalue weighted by Crippen LogP contribution is 2.46. The van der Waals surface area contributed by atoms with Crippen LogP contribution < -0.4 is 30.7 Å². The number of fused-ring (bicyclic) bond motifs is 3. The Labute approximate surface area is 403 Å². The molecule has 4 amide bonds. The lowest BCUT2D eigenvalue weighted by Gasteiger charge is -2.34. The van der Waals surface area contributed by atoms with E-state index in [0.717, 1.165) is 50.1 Å². The Morgan fingerprint density at radius 1 is 1.00 bits per heavy atom. The number of allylic oxidation sites excluding steroid dienone is 1. The molecule has 2 saturated carbocycles. The SMILES string of the molecule is COc1ccc2c(O[C@@H]3C[C@H]4C(=O)N[C@]5(C(=O)O)CC5/C=C\CCCCC[C@@H](NC(=O)N[C@H](CN5CCN(C(C)C)S5(=O)=O)C5CCCCC5)C(=O)N4C3)cc(-c3csc(NC(C)C)n3)nc2c1. The zero-order chi connectivity index (χ0) is 48.3. The minimum atomic E-state index is -3.72. The number of rotatable bonds is 13. The number of anilines is 1. The Bertz CT molecular complexity index is 2480. The van der Waals surface area contributed by atoms with E-state index in [1.54, 1.807) is 25.3 Å². The fourth-order valence-electron chi connectivity index (χ4n) is 10.3. The monoisotopic (exact) mass is 977 g/mol. The van der Waals surface area contributed by atoms with Crippen molar-refractivity contribution in [3.05, 3.63) is 41.8 Å². The zero-order valence-corrected chi connectivity index (χ0v) is 41.4. The van der Waals surface area contributed by atoms with E-state index in [4.69, 9.17) is 19.4 Å². The van der Waals surface area contributed by atoms with Crippen molar-refractivity contribution in [2.75, 3.05) is 38.6 Å². The zero-order valence-electron chi connectivity index (χ0n) is 39.7. The Hall–Kier alpha value is -5.05. The third-order valence-electron chi connectivity index (χ3n) is 14.1. The van der Waals surface area contributed by atoms with Crippen LogP contribution in [0.15, 0.2) is 41.8 Å². The lowest BCUT2D eigenvalue weighted by molar-refractivity contribution is -0.145. The Kier molecular flexibility index (Phi) is 15.2. The summed E-state index contributed by atoms with van der Waals surface area (Å²) in [7, 11) is -2.15. The van der Waals surface area contributed by atoms with E-state index in [-0.39, 0.29) is 50.4 Å². The highest BCUT2D eigenvalue weighted by atomic mass is 32.2. The van der Waals surface area contributed by atoms with Gasteiger partial charge in [0, 0.05) is 73.0 Å². The topological polar surface area (TPSA) is 225 Å². The molecule has 2 aromatic heterocycles. The molecule has 5 N–H and O–H groups in total. The number of methoxy groups -OCH3 is 1. The molecule has 2 saturated heterocycles. The minimum absolute atomic E-state index is 0.0293. The molecule has 1 unspecified atom stereocenters. The standard InChI is InChI=1S/C48H67N9O9S2/c1-29(2)49-47-53-40(28-67-47)38-24-42(35-19-18-33(65-5)22-37(35)50-38)66-34-23-41-43(58)54-48(45(60)61)25-32(48)16-12-7-6-8-13-17-36(44(59)56(41)26-34)51-46(62)52-39(31-14-10-9-11-15-31)27-55-20-21-57(30(3)4)68(55,63)64/h12,16,18-19,22,24,28-32,34,36,39,41H,6-11,13-15,17,20-21,23,25-27H2,1-5H3,(H,49,53)(H,54,58)(H,60,61)(H2,51,52,62)/b16-12-/t32?,34-,36-,39-,41+,48-/m1/s1. The van der Waals surface area contributed by atoms with Crippen LogP contribution in [0.25, 0.3) is 22.3 Å². The van der Waals surface area contributed by atoms with Gasteiger partial charge in [0.2, 0.25) is 11.8 Å². The predicted octanol–water partition coefficient (Wildman–Crippen LogP) is 5.90. The summed E-state index contributed by atoms with van der Waals surface area (Å²) in [5, 5.41) is 26.0. The molecule has 4 fully saturated rings. The van der Waals surface area contributed by atoms with Gasteiger partial charge in [-0.2, -0.15) is 17.0 Å². The molecule has 20 heteroatoms. The smallest absolute Gasteiger partial charge is 0.330 e. The number of hydrogen-bond donors (Lipinski definition) is 5. The lowest BCUT2D eigenvalue weighted by atomic mass is 9.84. The van der Waals surface area contributed by atoms with Gasteiger partial charge in [0.25, 0.3) is 10.2 Å². The molecule has 68 heavy (non-hydrogen) atoms. The van der Waals surface area contributed by atoms with E-state index in [9.17, 15) is 27.9 Å². The molecule has 2 aliphatic carbocycles. The highest BCUT2D eigenvalue weighted by Gasteiger charge is 2.61. The first-order chi connectivity index (χ1) is 32.6. The Balaban J connectivity index is 1.08. The molecule has 1 aromatic carbocycles. The van der Waals surface area contributed by atoms with Crippen LogP contribution in [0.1, 0.15) is 105 Å². The van der Waals surface area contributed by atoms with Crippen LogP contribution in [0.4, 0.5) is 9.93 Å². The largest absolute Gasteiger partial charge is 0.497 e. The van der Waals surface area contributed by atoms with Gasteiger partial charge in [-0.1, -0.05) is 44.3 Å². The van der Waals surface area contributed by atoms with E-state index >= 15 is 4.79 Å². The summed E-state index contributed by atoms with van der Waals surface area (Å²) in [4.78, 5) is 67.8. The van der Waals surface area contributed by atoms with Crippen molar-refractivity contribution in [2.24, 2.45) is 11.8 Å². The van der Waals surface area contributed by atoms with Gasteiger partial charge in [-0.05, 0) is 84.3 Å². The molecule has 370 valence electrons. The van der Waals surface area contributed by atoms with Crippen LogP contribution in [0.2, 0.25) is 0 Å². The predicted molar refractivity (Wildman–Crippen MR) is 260 cm³/mol. The Morgan fingerprint density at radius 3 is 2.49 bits per heavy atom. The van der Waals surface area contributed by atoms with Gasteiger partial charge in [-0.15, -0.1) is 11.3 Å². The van der Waals surface area contributed by atoms with Crippen molar-refractivity contribution in [1.82, 2.24) is 39.4 Å². The fourth-order valence-corrected chi connectivity index (χ4v) is 13.0. The maximum absolute atomic E-state index is 15.1. The quantitative estimate of drug-likeness (QED) is 0.126. The van der Waals surface area contributed by atoms with Crippen LogP contribution in [0.3, 0.4) is 0 Å². The van der Waals surface area contributed by atoms with Crippen LogP contribution in [-0.4, -0.2) is 136 Å². The second kappa shape index (κ2) is 20.9. The summed E-state index contributed by atoms with van der Waals surface area (Å²) in [6.45, 7) is 8.54. The van der Waals surface area contributed by atoms with E-state index in [0.29, 0.717) is 59.7 Å². The number of nitrogens with zero attached hydrogens (tertiary/aromatic N) is 5. The summed E-state index contributed by atoms with van der Waals surface area (Å²) in [6, 6.07) is 3.96. The summed E-state index contributed by atoms with van der Waals surface area (Å²) in [5.41, 5.74) is 0.259. The first-order valence-electron chi connectivity index (χ1n) is 24.3. The van der Waals surface area contributed by atoms with Crippen molar-refractivity contribution < 1.29 is 42.2 Å². The summed E-state index contributed by atoms with van der Waals surface area (Å²) >= 11 is 1.46. The number of amides is 4. The number of thiazole rings is 1. The number of urea groups is 1. The number of hydrogen-bond acceptors (Lipinski definition) is 12. The van der Waals surface area contributed by atoms with Crippen LogP contribution in [0, 0.1) is 11.8 Å². The van der Waals surface area contributed by atoms with Gasteiger partial charge in [-0.3, -0.25) is 9.59 Å². The molecule has 3 aliphatic heterocycles. The summed E-state index contributed by atoms with van der Waals surface area (Å²) < 4.78 is 42.5. The number of carboxylic acids is 1. The van der Waals surface area contributed by atoms with E-state index in [1.807, 2.05) is 51.3 Å². The van der Waals surface area contributed by atoms with E-state index in [2.05, 4.69) is 21.3 Å². The first kappa shape index (κ1) is 49.4. The molecule has 3 aromatic rings. The average molecular weight is 978 g/mol. The number of nitrogens with one attached hydrogen (secondary N) is 4. The molecular formula is C48H67N9O9S2. The Morgan fingerprint density at radius 2 is 1.76 bits per heavy atom. The molecule has 8 rings (SSSR count). The number of carbonyl (C=O) groups is 4. The molecule has 5 aliphatic rings. The van der Waals surface area contributed by atoms with Gasteiger partial charge < -0.3 is 40.7 Å². The molecule has 0 bridgehead atoms. The number of carboxylic acid groups (broad SMARTS) is 1. The van der Waals surface area contributed by atoms with Crippen molar-refractivity contribution in [3.8, 4) is 22.9 Å². The number of benzene rings is 1. The van der Waals surface area contributed by atoms with Crippen molar-refractivity contribution in [2.45, 2.75) is 147 Å². The minimum Gasteiger partial charge on any atom is -0.497 e. The molecule has 5 heterocycles.